The molecule has 2 aliphatic heterocycles. The van der Waals surface area contributed by atoms with E-state index in [0.29, 0.717) is 25.5 Å². The average Bonchev–Trinajstić information content (AvgIpc) is 3.18. The van der Waals surface area contributed by atoms with E-state index in [9.17, 15) is 4.79 Å². The molecule has 0 aliphatic carbocycles. The van der Waals surface area contributed by atoms with Gasteiger partial charge in [0.25, 0.3) is 0 Å². The van der Waals surface area contributed by atoms with Gasteiger partial charge in [0.1, 0.15) is 5.82 Å². The number of nitrogens with zero attached hydrogens (tertiary/aromatic N) is 4. The fourth-order valence-electron chi connectivity index (χ4n) is 3.95. The highest BCUT2D eigenvalue weighted by Gasteiger charge is 2.34. The molecule has 142 valence electrons. The number of carbonyl (C=O) groups is 1. The summed E-state index contributed by atoms with van der Waals surface area (Å²) in [6.07, 6.45) is 3.89. The van der Waals surface area contributed by atoms with E-state index in [1.807, 2.05) is 24.3 Å². The predicted octanol–water partition coefficient (Wildman–Crippen LogP) is 2.18. The van der Waals surface area contributed by atoms with Gasteiger partial charge in [0.05, 0.1) is 24.6 Å². The number of rotatable bonds is 3. The number of amides is 1. The maximum absolute atomic E-state index is 12.4. The zero-order chi connectivity index (χ0) is 18.9. The minimum absolute atomic E-state index is 0.0478. The summed E-state index contributed by atoms with van der Waals surface area (Å²) in [5.74, 6) is 1.28. The molecule has 1 atom stereocenters. The van der Waals surface area contributed by atoms with Crippen LogP contribution in [0.25, 0.3) is 11.4 Å². The lowest BCUT2D eigenvalue weighted by molar-refractivity contribution is -0.116. The van der Waals surface area contributed by atoms with E-state index in [4.69, 9.17) is 4.74 Å². The molecule has 1 amide bonds. The maximum atomic E-state index is 12.4. The molecule has 8 nitrogen and oxygen atoms in total. The summed E-state index contributed by atoms with van der Waals surface area (Å²) >= 11 is 0. The Balaban J connectivity index is 1.63. The first kappa shape index (κ1) is 16.9. The van der Waals surface area contributed by atoms with Crippen molar-refractivity contribution in [2.45, 2.75) is 12.3 Å². The molecule has 1 saturated heterocycles. The topological polar surface area (TPSA) is 96.0 Å². The van der Waals surface area contributed by atoms with Crippen molar-refractivity contribution in [2.24, 2.45) is 0 Å². The Kier molecular flexibility index (Phi) is 4.25. The Morgan fingerprint density at radius 2 is 1.93 bits per heavy atom. The van der Waals surface area contributed by atoms with E-state index in [2.05, 4.69) is 36.4 Å². The first-order valence-electron chi connectivity index (χ1n) is 9.38. The van der Waals surface area contributed by atoms with Gasteiger partial charge in [0, 0.05) is 48.9 Å². The Hall–Kier alpha value is -3.26. The zero-order valence-corrected chi connectivity index (χ0v) is 15.3. The third-order valence-corrected chi connectivity index (χ3v) is 5.22. The van der Waals surface area contributed by atoms with Crippen LogP contribution < -0.4 is 10.2 Å². The molecule has 5 heterocycles. The monoisotopic (exact) mass is 376 g/mol. The lowest BCUT2D eigenvalue weighted by atomic mass is 9.85. The first-order valence-corrected chi connectivity index (χ1v) is 9.38. The molecule has 1 fully saturated rings. The summed E-state index contributed by atoms with van der Waals surface area (Å²) in [5, 5.41) is 10.3. The molecule has 2 aliphatic rings. The number of aromatic nitrogens is 4. The third-order valence-electron chi connectivity index (χ3n) is 5.22. The highest BCUT2D eigenvalue weighted by atomic mass is 16.5. The van der Waals surface area contributed by atoms with Gasteiger partial charge in [-0.25, -0.2) is 4.98 Å². The minimum atomic E-state index is -0.147. The van der Waals surface area contributed by atoms with E-state index >= 15 is 0 Å². The molecule has 28 heavy (non-hydrogen) atoms. The van der Waals surface area contributed by atoms with Crippen LogP contribution in [0.3, 0.4) is 0 Å². The van der Waals surface area contributed by atoms with Gasteiger partial charge >= 0.3 is 0 Å². The normalized spacial score (nSPS) is 19.2. The Morgan fingerprint density at radius 3 is 2.75 bits per heavy atom. The smallest absolute Gasteiger partial charge is 0.226 e. The van der Waals surface area contributed by atoms with E-state index in [-0.39, 0.29) is 11.8 Å². The minimum Gasteiger partial charge on any atom is -0.378 e. The van der Waals surface area contributed by atoms with Crippen molar-refractivity contribution in [2.75, 3.05) is 36.5 Å². The standard InChI is InChI=1S/C20H20N6O2/c27-16-12-14(13-4-3-7-22-20(13)26-8-10-28-11-9-26)17-18(24-25-19(17)23-16)15-5-1-2-6-21-15/h1-7,14H,8-12H2,(H2,23,24,25,27)/t14-/m0/s1. The molecular weight excluding hydrogens is 356 g/mol. The van der Waals surface area contributed by atoms with Crippen LogP contribution in [0.5, 0.6) is 0 Å². The Bertz CT molecular complexity index is 997. The molecule has 0 radical (unpaired) electrons. The van der Waals surface area contributed by atoms with Crippen molar-refractivity contribution < 1.29 is 9.53 Å². The van der Waals surface area contributed by atoms with Gasteiger partial charge in [-0.05, 0) is 18.2 Å². The van der Waals surface area contributed by atoms with Crippen molar-refractivity contribution >= 4 is 17.5 Å². The van der Waals surface area contributed by atoms with E-state index in [0.717, 1.165) is 41.4 Å². The third kappa shape index (κ3) is 2.91. The van der Waals surface area contributed by atoms with Crippen molar-refractivity contribution in [1.82, 2.24) is 20.2 Å². The van der Waals surface area contributed by atoms with Gasteiger partial charge in [-0.1, -0.05) is 12.1 Å². The molecule has 2 N–H and O–H groups in total. The number of nitrogens with one attached hydrogen (secondary N) is 2. The number of H-pyrrole nitrogens is 1. The van der Waals surface area contributed by atoms with Gasteiger partial charge in [0.2, 0.25) is 5.91 Å². The SMILES string of the molecule is O=C1C[C@@H](c2cccnc2N2CCOCC2)c2c(n[nH]c2-c2ccccn2)N1. The van der Waals surface area contributed by atoms with Crippen LogP contribution in [0, 0.1) is 0 Å². The fourth-order valence-corrected chi connectivity index (χ4v) is 3.95. The summed E-state index contributed by atoms with van der Waals surface area (Å²) in [5.41, 5.74) is 3.62. The van der Waals surface area contributed by atoms with Gasteiger partial charge in [0.15, 0.2) is 5.82 Å². The van der Waals surface area contributed by atoms with Crippen LogP contribution in [0.2, 0.25) is 0 Å². The molecule has 5 rings (SSSR count). The number of fused-ring (bicyclic) bond motifs is 1. The molecule has 8 heteroatoms. The van der Waals surface area contributed by atoms with E-state index in [1.165, 1.54) is 0 Å². The number of aromatic amines is 1. The number of pyridine rings is 2. The highest BCUT2D eigenvalue weighted by Crippen LogP contribution is 2.43. The van der Waals surface area contributed by atoms with Gasteiger partial charge < -0.3 is 15.0 Å². The second-order valence-electron chi connectivity index (χ2n) is 6.90. The molecule has 3 aromatic rings. The average molecular weight is 376 g/mol. The Morgan fingerprint density at radius 1 is 1.07 bits per heavy atom. The molecule has 0 saturated carbocycles. The van der Waals surface area contributed by atoms with Crippen LogP contribution >= 0.6 is 0 Å². The van der Waals surface area contributed by atoms with Crippen LogP contribution in [0.1, 0.15) is 23.5 Å². The maximum Gasteiger partial charge on any atom is 0.226 e. The van der Waals surface area contributed by atoms with Crippen LogP contribution in [0.15, 0.2) is 42.7 Å². The molecule has 0 bridgehead atoms. The summed E-state index contributed by atoms with van der Waals surface area (Å²) in [7, 11) is 0. The lowest BCUT2D eigenvalue weighted by Crippen LogP contribution is -2.38. The fraction of sp³-hybridized carbons (Fsp3) is 0.300. The molecule has 3 aromatic heterocycles. The van der Waals surface area contributed by atoms with Crippen LogP contribution in [-0.4, -0.2) is 52.4 Å². The summed E-state index contributed by atoms with van der Waals surface area (Å²) in [6.45, 7) is 2.93. The number of carbonyl (C=O) groups excluding carboxylic acids is 1. The molecule has 0 spiro atoms. The largest absolute Gasteiger partial charge is 0.378 e. The number of hydrogen-bond acceptors (Lipinski definition) is 6. The second kappa shape index (κ2) is 7.05. The highest BCUT2D eigenvalue weighted by molar-refractivity contribution is 5.96. The summed E-state index contributed by atoms with van der Waals surface area (Å²) < 4.78 is 5.49. The quantitative estimate of drug-likeness (QED) is 0.727. The molecular formula is C20H20N6O2. The van der Waals surface area contributed by atoms with E-state index < -0.39 is 0 Å². The number of anilines is 2. The van der Waals surface area contributed by atoms with Gasteiger partial charge in [-0.3, -0.25) is 14.9 Å². The summed E-state index contributed by atoms with van der Waals surface area (Å²) in [4.78, 5) is 23.8. The van der Waals surface area contributed by atoms with Crippen LogP contribution in [0.4, 0.5) is 11.6 Å². The zero-order valence-electron chi connectivity index (χ0n) is 15.3. The predicted molar refractivity (Wildman–Crippen MR) is 104 cm³/mol. The van der Waals surface area contributed by atoms with Crippen molar-refractivity contribution in [1.29, 1.82) is 0 Å². The molecule has 0 aromatic carbocycles. The second-order valence-corrected chi connectivity index (χ2v) is 6.90. The number of hydrogen-bond donors (Lipinski definition) is 2. The lowest BCUT2D eigenvalue weighted by Gasteiger charge is -2.32. The first-order chi connectivity index (χ1) is 13.8. The van der Waals surface area contributed by atoms with E-state index in [1.54, 1.807) is 12.4 Å². The number of ether oxygens (including phenoxy) is 1. The van der Waals surface area contributed by atoms with Gasteiger partial charge in [-0.2, -0.15) is 5.10 Å². The van der Waals surface area contributed by atoms with Crippen LogP contribution in [-0.2, 0) is 9.53 Å². The molecule has 0 unspecified atom stereocenters. The van der Waals surface area contributed by atoms with Gasteiger partial charge in [-0.15, -0.1) is 0 Å². The van der Waals surface area contributed by atoms with Crippen molar-refractivity contribution in [3.8, 4) is 11.4 Å². The number of morpholine rings is 1. The summed E-state index contributed by atoms with van der Waals surface area (Å²) in [6, 6.07) is 9.73. The van der Waals surface area contributed by atoms with Crippen molar-refractivity contribution in [3.63, 3.8) is 0 Å². The Labute approximate surface area is 162 Å². The van der Waals surface area contributed by atoms with Crippen molar-refractivity contribution in [3.05, 3.63) is 53.9 Å².